The third kappa shape index (κ3) is 9.90. The van der Waals surface area contributed by atoms with Crippen LogP contribution in [0.2, 0.25) is 0 Å². The number of nitrogens with one attached hydrogen (secondary N) is 1. The van der Waals surface area contributed by atoms with Gasteiger partial charge >= 0.3 is 0 Å². The topological polar surface area (TPSA) is 29.1 Å². The highest BCUT2D eigenvalue weighted by Crippen LogP contribution is 2.03. The third-order valence-corrected chi connectivity index (χ3v) is 2.93. The van der Waals surface area contributed by atoms with E-state index in [1.807, 2.05) is 11.8 Å². The SMILES string of the molecule is CCSCCCC(=O)NCCC(C)C. The Bertz CT molecular complexity index is 148. The molecule has 0 spiro atoms. The van der Waals surface area contributed by atoms with Crippen LogP contribution in [0.25, 0.3) is 0 Å². The van der Waals surface area contributed by atoms with E-state index in [2.05, 4.69) is 26.1 Å². The number of carbonyl (C=O) groups is 1. The number of rotatable bonds is 8. The fourth-order valence-corrected chi connectivity index (χ4v) is 1.70. The van der Waals surface area contributed by atoms with Crippen molar-refractivity contribution in [3.05, 3.63) is 0 Å². The lowest BCUT2D eigenvalue weighted by atomic mass is 10.1. The third-order valence-electron chi connectivity index (χ3n) is 1.94. The van der Waals surface area contributed by atoms with Crippen molar-refractivity contribution in [2.45, 2.75) is 40.0 Å². The first-order chi connectivity index (χ1) is 6.66. The van der Waals surface area contributed by atoms with Crippen LogP contribution in [-0.4, -0.2) is 24.0 Å². The molecule has 2 nitrogen and oxygen atoms in total. The van der Waals surface area contributed by atoms with Crippen molar-refractivity contribution in [3.8, 4) is 0 Å². The molecule has 0 radical (unpaired) electrons. The Kier molecular flexibility index (Phi) is 9.26. The molecule has 0 atom stereocenters. The Hall–Kier alpha value is -0.180. The van der Waals surface area contributed by atoms with Crippen LogP contribution >= 0.6 is 11.8 Å². The summed E-state index contributed by atoms with van der Waals surface area (Å²) in [5.74, 6) is 3.14. The zero-order valence-corrected chi connectivity index (χ0v) is 10.5. The molecule has 0 fully saturated rings. The standard InChI is InChI=1S/C11H23NOS/c1-4-14-9-5-6-11(13)12-8-7-10(2)3/h10H,4-9H2,1-3H3,(H,12,13). The van der Waals surface area contributed by atoms with Gasteiger partial charge < -0.3 is 5.32 Å². The number of carbonyl (C=O) groups excluding carboxylic acids is 1. The van der Waals surface area contributed by atoms with Crippen molar-refractivity contribution in [3.63, 3.8) is 0 Å². The lowest BCUT2D eigenvalue weighted by molar-refractivity contribution is -0.121. The maximum Gasteiger partial charge on any atom is 0.220 e. The number of amides is 1. The van der Waals surface area contributed by atoms with Crippen LogP contribution in [0.1, 0.15) is 40.0 Å². The molecule has 1 N–H and O–H groups in total. The van der Waals surface area contributed by atoms with E-state index in [0.717, 1.165) is 30.9 Å². The molecule has 0 saturated carbocycles. The highest BCUT2D eigenvalue weighted by atomic mass is 32.2. The van der Waals surface area contributed by atoms with Gasteiger partial charge in [-0.2, -0.15) is 11.8 Å². The van der Waals surface area contributed by atoms with Gasteiger partial charge in [0.2, 0.25) is 5.91 Å². The molecular formula is C11H23NOS. The lowest BCUT2D eigenvalue weighted by Gasteiger charge is -2.06. The summed E-state index contributed by atoms with van der Waals surface area (Å²) >= 11 is 1.90. The normalized spacial score (nSPS) is 10.6. The Labute approximate surface area is 92.2 Å². The Morgan fingerprint density at radius 1 is 1.43 bits per heavy atom. The average Bonchev–Trinajstić information content (AvgIpc) is 2.12. The number of hydrogen-bond acceptors (Lipinski definition) is 2. The Balaban J connectivity index is 3.20. The van der Waals surface area contributed by atoms with E-state index in [1.165, 1.54) is 0 Å². The van der Waals surface area contributed by atoms with Crippen LogP contribution in [0.15, 0.2) is 0 Å². The highest BCUT2D eigenvalue weighted by molar-refractivity contribution is 7.99. The summed E-state index contributed by atoms with van der Waals surface area (Å²) in [5.41, 5.74) is 0. The molecule has 0 bridgehead atoms. The molecule has 84 valence electrons. The summed E-state index contributed by atoms with van der Waals surface area (Å²) < 4.78 is 0. The monoisotopic (exact) mass is 217 g/mol. The molecule has 0 rings (SSSR count). The molecule has 14 heavy (non-hydrogen) atoms. The van der Waals surface area contributed by atoms with E-state index in [1.54, 1.807) is 0 Å². The van der Waals surface area contributed by atoms with Crippen LogP contribution in [-0.2, 0) is 4.79 Å². The first-order valence-electron chi connectivity index (χ1n) is 5.51. The molecule has 3 heteroatoms. The van der Waals surface area contributed by atoms with Crippen molar-refractivity contribution in [1.29, 1.82) is 0 Å². The van der Waals surface area contributed by atoms with Gasteiger partial charge in [-0.15, -0.1) is 0 Å². The molecule has 0 aliphatic rings. The van der Waals surface area contributed by atoms with Gasteiger partial charge in [0.05, 0.1) is 0 Å². The predicted octanol–water partition coefficient (Wildman–Crippen LogP) is 2.68. The second-order valence-electron chi connectivity index (χ2n) is 3.83. The van der Waals surface area contributed by atoms with E-state index in [9.17, 15) is 4.79 Å². The molecular weight excluding hydrogens is 194 g/mol. The zero-order chi connectivity index (χ0) is 10.8. The summed E-state index contributed by atoms with van der Waals surface area (Å²) in [6, 6.07) is 0. The van der Waals surface area contributed by atoms with Gasteiger partial charge in [-0.25, -0.2) is 0 Å². The molecule has 0 aliphatic heterocycles. The second kappa shape index (κ2) is 9.38. The lowest BCUT2D eigenvalue weighted by Crippen LogP contribution is -2.25. The molecule has 1 amide bonds. The Morgan fingerprint density at radius 3 is 2.71 bits per heavy atom. The molecule has 0 aliphatic carbocycles. The Morgan fingerprint density at radius 2 is 2.14 bits per heavy atom. The van der Waals surface area contributed by atoms with E-state index in [0.29, 0.717) is 12.3 Å². The van der Waals surface area contributed by atoms with Crippen molar-refractivity contribution < 1.29 is 4.79 Å². The second-order valence-corrected chi connectivity index (χ2v) is 5.23. The molecule has 0 heterocycles. The highest BCUT2D eigenvalue weighted by Gasteiger charge is 2.00. The van der Waals surface area contributed by atoms with E-state index < -0.39 is 0 Å². The van der Waals surface area contributed by atoms with Crippen molar-refractivity contribution in [2.75, 3.05) is 18.1 Å². The predicted molar refractivity (Wildman–Crippen MR) is 64.7 cm³/mol. The van der Waals surface area contributed by atoms with E-state index >= 15 is 0 Å². The molecule has 0 saturated heterocycles. The number of hydrogen-bond donors (Lipinski definition) is 1. The maximum atomic E-state index is 11.3. The van der Waals surface area contributed by atoms with Gasteiger partial charge in [0.1, 0.15) is 0 Å². The fourth-order valence-electron chi connectivity index (χ4n) is 1.07. The van der Waals surface area contributed by atoms with E-state index in [-0.39, 0.29) is 5.91 Å². The van der Waals surface area contributed by atoms with Gasteiger partial charge in [-0.1, -0.05) is 20.8 Å². The minimum Gasteiger partial charge on any atom is -0.356 e. The molecule has 0 unspecified atom stereocenters. The largest absolute Gasteiger partial charge is 0.356 e. The van der Waals surface area contributed by atoms with Gasteiger partial charge in [0.15, 0.2) is 0 Å². The maximum absolute atomic E-state index is 11.3. The van der Waals surface area contributed by atoms with Gasteiger partial charge in [0, 0.05) is 13.0 Å². The molecule has 0 aromatic carbocycles. The van der Waals surface area contributed by atoms with Crippen LogP contribution in [0.4, 0.5) is 0 Å². The summed E-state index contributed by atoms with van der Waals surface area (Å²) in [6.07, 6.45) is 2.77. The van der Waals surface area contributed by atoms with E-state index in [4.69, 9.17) is 0 Å². The van der Waals surface area contributed by atoms with Gasteiger partial charge in [-0.05, 0) is 30.3 Å². The first kappa shape index (κ1) is 13.8. The average molecular weight is 217 g/mol. The minimum absolute atomic E-state index is 0.211. The number of thioether (sulfide) groups is 1. The fraction of sp³-hybridized carbons (Fsp3) is 0.909. The quantitative estimate of drug-likeness (QED) is 0.633. The first-order valence-corrected chi connectivity index (χ1v) is 6.66. The smallest absolute Gasteiger partial charge is 0.220 e. The van der Waals surface area contributed by atoms with Crippen LogP contribution in [0.5, 0.6) is 0 Å². The van der Waals surface area contributed by atoms with Gasteiger partial charge in [-0.3, -0.25) is 4.79 Å². The van der Waals surface area contributed by atoms with Crippen molar-refractivity contribution in [1.82, 2.24) is 5.32 Å². The summed E-state index contributed by atoms with van der Waals surface area (Å²) in [5, 5.41) is 2.94. The summed E-state index contributed by atoms with van der Waals surface area (Å²) in [7, 11) is 0. The van der Waals surface area contributed by atoms with Crippen molar-refractivity contribution in [2.24, 2.45) is 5.92 Å². The van der Waals surface area contributed by atoms with Crippen molar-refractivity contribution >= 4 is 17.7 Å². The minimum atomic E-state index is 0.211. The summed E-state index contributed by atoms with van der Waals surface area (Å²) in [4.78, 5) is 11.3. The van der Waals surface area contributed by atoms with Crippen LogP contribution < -0.4 is 5.32 Å². The molecule has 0 aromatic rings. The molecule has 0 aromatic heterocycles. The van der Waals surface area contributed by atoms with Gasteiger partial charge in [0.25, 0.3) is 0 Å². The summed E-state index contributed by atoms with van der Waals surface area (Å²) in [6.45, 7) is 7.32. The van der Waals surface area contributed by atoms with Crippen LogP contribution in [0.3, 0.4) is 0 Å². The zero-order valence-electron chi connectivity index (χ0n) is 9.64. The van der Waals surface area contributed by atoms with Crippen LogP contribution in [0, 0.1) is 5.92 Å².